The number of nitrogens with two attached hydrogens (primary N) is 1. The summed E-state index contributed by atoms with van der Waals surface area (Å²) in [7, 11) is 0. The van der Waals surface area contributed by atoms with Gasteiger partial charge in [-0.25, -0.2) is 4.99 Å². The first kappa shape index (κ1) is 14.7. The standard InChI is InChI=1S/C15H23N3O2/c1-12-4-3-5-13(2)14(12)20-9-6-17-15(16)18-7-10-19-11-8-18/h3-5H,6-11H2,1-2H3,(H2,16,17). The lowest BCUT2D eigenvalue weighted by Gasteiger charge is -2.27. The van der Waals surface area contributed by atoms with Gasteiger partial charge in [0.1, 0.15) is 12.4 Å². The van der Waals surface area contributed by atoms with E-state index < -0.39 is 0 Å². The van der Waals surface area contributed by atoms with Crippen LogP contribution in [-0.2, 0) is 4.74 Å². The van der Waals surface area contributed by atoms with Crippen molar-refractivity contribution in [2.75, 3.05) is 39.5 Å². The quantitative estimate of drug-likeness (QED) is 0.512. The lowest BCUT2D eigenvalue weighted by Crippen LogP contribution is -2.45. The summed E-state index contributed by atoms with van der Waals surface area (Å²) in [4.78, 5) is 6.41. The molecule has 20 heavy (non-hydrogen) atoms. The van der Waals surface area contributed by atoms with Gasteiger partial charge in [-0.3, -0.25) is 0 Å². The number of ether oxygens (including phenoxy) is 2. The third kappa shape index (κ3) is 3.87. The Morgan fingerprint density at radius 1 is 1.30 bits per heavy atom. The zero-order valence-corrected chi connectivity index (χ0v) is 12.3. The van der Waals surface area contributed by atoms with E-state index in [1.165, 1.54) is 0 Å². The van der Waals surface area contributed by atoms with E-state index in [9.17, 15) is 0 Å². The maximum atomic E-state index is 5.95. The molecule has 1 heterocycles. The van der Waals surface area contributed by atoms with E-state index in [1.54, 1.807) is 0 Å². The van der Waals surface area contributed by atoms with Crippen LogP contribution in [0.1, 0.15) is 11.1 Å². The summed E-state index contributed by atoms with van der Waals surface area (Å²) in [6.07, 6.45) is 0. The summed E-state index contributed by atoms with van der Waals surface area (Å²) in [6.45, 7) is 8.26. The monoisotopic (exact) mass is 277 g/mol. The van der Waals surface area contributed by atoms with E-state index in [2.05, 4.69) is 4.99 Å². The Morgan fingerprint density at radius 2 is 1.95 bits per heavy atom. The topological polar surface area (TPSA) is 60.1 Å². The van der Waals surface area contributed by atoms with Crippen LogP contribution in [0.5, 0.6) is 5.75 Å². The first-order valence-electron chi connectivity index (χ1n) is 7.00. The van der Waals surface area contributed by atoms with Gasteiger partial charge in [-0.05, 0) is 25.0 Å². The summed E-state index contributed by atoms with van der Waals surface area (Å²) >= 11 is 0. The van der Waals surface area contributed by atoms with E-state index in [1.807, 2.05) is 36.9 Å². The molecule has 5 nitrogen and oxygen atoms in total. The second kappa shape index (κ2) is 7.14. The second-order valence-electron chi connectivity index (χ2n) is 4.91. The van der Waals surface area contributed by atoms with Crippen LogP contribution < -0.4 is 10.5 Å². The number of para-hydroxylation sites is 1. The molecule has 1 aromatic carbocycles. The Labute approximate surface area is 120 Å². The van der Waals surface area contributed by atoms with Crippen molar-refractivity contribution >= 4 is 5.96 Å². The van der Waals surface area contributed by atoms with Gasteiger partial charge in [0, 0.05) is 13.1 Å². The number of nitrogens with zero attached hydrogens (tertiary/aromatic N) is 2. The predicted molar refractivity (Wildman–Crippen MR) is 80.3 cm³/mol. The summed E-state index contributed by atoms with van der Waals surface area (Å²) in [5, 5.41) is 0. The summed E-state index contributed by atoms with van der Waals surface area (Å²) in [5.74, 6) is 1.53. The number of aryl methyl sites for hydroxylation is 2. The number of hydrogen-bond donors (Lipinski definition) is 1. The molecule has 0 atom stereocenters. The highest BCUT2D eigenvalue weighted by Gasteiger charge is 2.11. The number of benzene rings is 1. The zero-order valence-electron chi connectivity index (χ0n) is 12.3. The number of rotatable bonds is 4. The molecule has 0 bridgehead atoms. The average molecular weight is 277 g/mol. The molecule has 0 saturated carbocycles. The molecule has 0 unspecified atom stereocenters. The molecule has 1 aromatic rings. The predicted octanol–water partition coefficient (Wildman–Crippen LogP) is 1.33. The molecule has 1 fully saturated rings. The van der Waals surface area contributed by atoms with Crippen LogP contribution >= 0.6 is 0 Å². The van der Waals surface area contributed by atoms with Gasteiger partial charge in [0.05, 0.1) is 19.8 Å². The van der Waals surface area contributed by atoms with Gasteiger partial charge in [-0.15, -0.1) is 0 Å². The van der Waals surface area contributed by atoms with Crippen molar-refractivity contribution in [1.29, 1.82) is 0 Å². The van der Waals surface area contributed by atoms with E-state index in [0.29, 0.717) is 19.1 Å². The van der Waals surface area contributed by atoms with Gasteiger partial charge >= 0.3 is 0 Å². The van der Waals surface area contributed by atoms with Gasteiger partial charge < -0.3 is 20.1 Å². The number of hydrogen-bond acceptors (Lipinski definition) is 3. The van der Waals surface area contributed by atoms with E-state index in [0.717, 1.165) is 43.2 Å². The Hall–Kier alpha value is -1.75. The van der Waals surface area contributed by atoms with Crippen LogP contribution in [0.15, 0.2) is 23.2 Å². The SMILES string of the molecule is Cc1cccc(C)c1OCCN=C(N)N1CCOCC1. The van der Waals surface area contributed by atoms with Crippen LogP contribution in [0.4, 0.5) is 0 Å². The maximum Gasteiger partial charge on any atom is 0.191 e. The largest absolute Gasteiger partial charge is 0.491 e. The molecule has 5 heteroatoms. The molecule has 1 aliphatic rings. The van der Waals surface area contributed by atoms with Crippen molar-refractivity contribution in [2.45, 2.75) is 13.8 Å². The molecule has 0 radical (unpaired) electrons. The summed E-state index contributed by atoms with van der Waals surface area (Å²) < 4.78 is 11.1. The maximum absolute atomic E-state index is 5.95. The van der Waals surface area contributed by atoms with E-state index in [-0.39, 0.29) is 0 Å². The van der Waals surface area contributed by atoms with Gasteiger partial charge in [0.15, 0.2) is 5.96 Å². The highest BCUT2D eigenvalue weighted by atomic mass is 16.5. The number of guanidine groups is 1. The molecule has 1 aliphatic heterocycles. The average Bonchev–Trinajstić information content (AvgIpc) is 2.46. The normalized spacial score (nSPS) is 16.3. The lowest BCUT2D eigenvalue weighted by molar-refractivity contribution is 0.0674. The minimum atomic E-state index is 0.538. The third-order valence-electron chi connectivity index (χ3n) is 3.36. The molecule has 0 aliphatic carbocycles. The van der Waals surface area contributed by atoms with Gasteiger partial charge in [0.25, 0.3) is 0 Å². The Balaban J connectivity index is 1.80. The zero-order chi connectivity index (χ0) is 14.4. The van der Waals surface area contributed by atoms with Gasteiger partial charge in [-0.2, -0.15) is 0 Å². The van der Waals surface area contributed by atoms with Crippen LogP contribution in [0.2, 0.25) is 0 Å². The Bertz CT molecular complexity index is 448. The molecule has 110 valence electrons. The van der Waals surface area contributed by atoms with Crippen molar-refractivity contribution < 1.29 is 9.47 Å². The highest BCUT2D eigenvalue weighted by Crippen LogP contribution is 2.21. The minimum absolute atomic E-state index is 0.538. The van der Waals surface area contributed by atoms with Crippen LogP contribution in [0.25, 0.3) is 0 Å². The fourth-order valence-electron chi connectivity index (χ4n) is 2.23. The first-order valence-corrected chi connectivity index (χ1v) is 7.00. The molecule has 0 aromatic heterocycles. The van der Waals surface area contributed by atoms with Crippen LogP contribution in [0, 0.1) is 13.8 Å². The highest BCUT2D eigenvalue weighted by molar-refractivity contribution is 5.78. The lowest BCUT2D eigenvalue weighted by atomic mass is 10.1. The second-order valence-corrected chi connectivity index (χ2v) is 4.91. The van der Waals surface area contributed by atoms with E-state index >= 15 is 0 Å². The molecule has 2 N–H and O–H groups in total. The fraction of sp³-hybridized carbons (Fsp3) is 0.533. The summed E-state index contributed by atoms with van der Waals surface area (Å²) in [6, 6.07) is 6.13. The third-order valence-corrected chi connectivity index (χ3v) is 3.36. The number of morpholine rings is 1. The van der Waals surface area contributed by atoms with Crippen LogP contribution in [-0.4, -0.2) is 50.3 Å². The van der Waals surface area contributed by atoms with E-state index in [4.69, 9.17) is 15.2 Å². The van der Waals surface area contributed by atoms with Gasteiger partial charge in [-0.1, -0.05) is 18.2 Å². The minimum Gasteiger partial charge on any atom is -0.491 e. The molecule has 0 amide bonds. The Morgan fingerprint density at radius 3 is 2.60 bits per heavy atom. The van der Waals surface area contributed by atoms with Gasteiger partial charge in [0.2, 0.25) is 0 Å². The van der Waals surface area contributed by atoms with Crippen molar-refractivity contribution in [1.82, 2.24) is 4.90 Å². The molecular formula is C15H23N3O2. The van der Waals surface area contributed by atoms with Crippen LogP contribution in [0.3, 0.4) is 0 Å². The molecule has 2 rings (SSSR count). The van der Waals surface area contributed by atoms with Crippen molar-refractivity contribution in [3.8, 4) is 5.75 Å². The fourth-order valence-corrected chi connectivity index (χ4v) is 2.23. The van der Waals surface area contributed by atoms with Crippen molar-refractivity contribution in [3.63, 3.8) is 0 Å². The molecule has 0 spiro atoms. The summed E-state index contributed by atoms with van der Waals surface area (Å²) in [5.41, 5.74) is 8.25. The molecular weight excluding hydrogens is 254 g/mol. The molecule has 1 saturated heterocycles. The smallest absolute Gasteiger partial charge is 0.191 e. The number of aliphatic imine (C=N–C) groups is 1. The Kier molecular flexibility index (Phi) is 5.24. The first-order chi connectivity index (χ1) is 9.68. The van der Waals surface area contributed by atoms with Crippen molar-refractivity contribution in [3.05, 3.63) is 29.3 Å². The van der Waals surface area contributed by atoms with Crippen molar-refractivity contribution in [2.24, 2.45) is 10.7 Å².